The highest BCUT2D eigenvalue weighted by molar-refractivity contribution is 7.95. The number of nitrogens with one attached hydrogen (secondary N) is 1. The van der Waals surface area contributed by atoms with Gasteiger partial charge in [-0.25, -0.2) is 4.72 Å². The van der Waals surface area contributed by atoms with Crippen molar-refractivity contribution in [1.82, 2.24) is 4.72 Å². The average Bonchev–Trinajstić information content (AvgIpc) is 3.53. The van der Waals surface area contributed by atoms with Gasteiger partial charge in [-0.1, -0.05) is 132 Å². The summed E-state index contributed by atoms with van der Waals surface area (Å²) in [6.45, 7) is 14.5. The zero-order chi connectivity index (χ0) is 30.5. The van der Waals surface area contributed by atoms with Crippen LogP contribution in [0.1, 0.15) is 101 Å². The number of nitrogens with two attached hydrogens (primary N) is 1. The summed E-state index contributed by atoms with van der Waals surface area (Å²) in [4.78, 5) is 0. The van der Waals surface area contributed by atoms with Gasteiger partial charge in [-0.15, -0.1) is 0 Å². The van der Waals surface area contributed by atoms with Crippen LogP contribution >= 0.6 is 12.1 Å². The second kappa shape index (κ2) is 13.9. The highest BCUT2D eigenvalue weighted by Crippen LogP contribution is 2.66. The predicted molar refractivity (Wildman–Crippen MR) is 186 cm³/mol. The number of hydrogen-bond acceptors (Lipinski definition) is 4. The molecule has 0 saturated heterocycles. The van der Waals surface area contributed by atoms with Gasteiger partial charge in [-0.2, -0.15) is 0 Å². The monoisotopic (exact) mass is 594 g/mol. The second-order valence-electron chi connectivity index (χ2n) is 13.5. The molecule has 3 atom stereocenters. The van der Waals surface area contributed by atoms with Gasteiger partial charge in [0.15, 0.2) is 0 Å². The van der Waals surface area contributed by atoms with E-state index < -0.39 is 0 Å². The molecule has 3 N–H and O–H groups in total. The first kappa shape index (κ1) is 31.6. The molecule has 228 valence electrons. The Morgan fingerprint density at radius 1 is 0.977 bits per heavy atom. The summed E-state index contributed by atoms with van der Waals surface area (Å²) >= 11 is 1.27. The Balaban J connectivity index is 1.51. The van der Waals surface area contributed by atoms with E-state index in [1.165, 1.54) is 65.7 Å². The number of unbranched alkanes of at least 4 members (excludes halogenated alkanes) is 3. The van der Waals surface area contributed by atoms with Gasteiger partial charge in [0.05, 0.1) is 0 Å². The molecule has 3 aromatic carbocycles. The van der Waals surface area contributed by atoms with Crippen LogP contribution in [0.5, 0.6) is 5.75 Å². The Hall–Kier alpha value is -2.79. The molecule has 2 aliphatic carbocycles. The first-order valence-electron chi connectivity index (χ1n) is 16.2. The molecule has 1 fully saturated rings. The van der Waals surface area contributed by atoms with Crippen LogP contribution in [0.25, 0.3) is 11.1 Å². The van der Waals surface area contributed by atoms with Crippen molar-refractivity contribution < 1.29 is 4.74 Å². The molecule has 0 spiro atoms. The molecule has 2 aliphatic rings. The Labute approximate surface area is 264 Å². The van der Waals surface area contributed by atoms with Crippen LogP contribution in [0.2, 0.25) is 0 Å². The van der Waals surface area contributed by atoms with E-state index in [1.54, 1.807) is 5.57 Å². The number of benzene rings is 3. The molecule has 3 unspecified atom stereocenters. The summed E-state index contributed by atoms with van der Waals surface area (Å²) in [6.07, 6.45) is 9.47. The molecular weight excluding hydrogens is 545 g/mol. The van der Waals surface area contributed by atoms with E-state index in [9.17, 15) is 0 Å². The molecule has 0 radical (unpaired) electrons. The first-order chi connectivity index (χ1) is 20.8. The lowest BCUT2D eigenvalue weighted by atomic mass is 9.66. The largest absolute Gasteiger partial charge is 0.488 e. The molecule has 0 aromatic heterocycles. The van der Waals surface area contributed by atoms with Crippen LogP contribution in [0.4, 0.5) is 0 Å². The zero-order valence-electron chi connectivity index (χ0n) is 26.6. The molecule has 0 heterocycles. The average molecular weight is 595 g/mol. The van der Waals surface area contributed by atoms with Crippen LogP contribution in [0.3, 0.4) is 0 Å². The Morgan fingerprint density at radius 2 is 1.70 bits per heavy atom. The number of rotatable bonds is 13. The summed E-state index contributed by atoms with van der Waals surface area (Å²) in [6, 6.07) is 28.8. The lowest BCUT2D eigenvalue weighted by molar-refractivity contribution is 0.303. The van der Waals surface area contributed by atoms with E-state index in [2.05, 4.69) is 111 Å². The zero-order valence-corrected chi connectivity index (χ0v) is 27.4. The molecule has 0 aliphatic heterocycles. The molecular formula is C39H50N2OS. The number of allylic oxidation sites excluding steroid dienone is 3. The van der Waals surface area contributed by atoms with E-state index >= 15 is 0 Å². The summed E-state index contributed by atoms with van der Waals surface area (Å²) in [7, 11) is 0. The van der Waals surface area contributed by atoms with Gasteiger partial charge >= 0.3 is 0 Å². The van der Waals surface area contributed by atoms with Gasteiger partial charge in [-0.05, 0) is 77.3 Å². The van der Waals surface area contributed by atoms with Crippen LogP contribution in [0.15, 0.2) is 91.0 Å². The minimum Gasteiger partial charge on any atom is -0.488 e. The Bertz CT molecular complexity index is 1410. The normalized spacial score (nSPS) is 21.7. The lowest BCUT2D eigenvalue weighted by Gasteiger charge is -2.38. The smallest absolute Gasteiger partial charge is 0.127 e. The molecule has 3 nitrogen and oxygen atoms in total. The maximum absolute atomic E-state index is 6.59. The third-order valence-electron chi connectivity index (χ3n) is 9.81. The summed E-state index contributed by atoms with van der Waals surface area (Å²) in [5, 5.41) is 6.02. The summed E-state index contributed by atoms with van der Waals surface area (Å²) in [5.74, 6) is 1.32. The maximum atomic E-state index is 6.59. The quantitative estimate of drug-likeness (QED) is 0.153. The Morgan fingerprint density at radius 3 is 2.40 bits per heavy atom. The minimum absolute atomic E-state index is 0.135. The highest BCUT2D eigenvalue weighted by atomic mass is 32.2. The van der Waals surface area contributed by atoms with Crippen molar-refractivity contribution in [2.75, 3.05) is 0 Å². The van der Waals surface area contributed by atoms with Crippen molar-refractivity contribution in [3.8, 4) is 5.75 Å². The van der Waals surface area contributed by atoms with E-state index in [4.69, 9.17) is 16.5 Å². The van der Waals surface area contributed by atoms with Gasteiger partial charge < -0.3 is 4.74 Å². The SMILES string of the molecule is C=C(c1ccccc1OCc1ccc(C(C)(C)C)cc1)C12CCC(NSN)C1CC(CCCCCC)=C2c1ccccc1. The summed E-state index contributed by atoms with van der Waals surface area (Å²) in [5.41, 5.74) is 9.26. The topological polar surface area (TPSA) is 47.3 Å². The van der Waals surface area contributed by atoms with E-state index in [-0.39, 0.29) is 10.8 Å². The van der Waals surface area contributed by atoms with Gasteiger partial charge in [0.1, 0.15) is 12.4 Å². The number of para-hydroxylation sites is 1. The van der Waals surface area contributed by atoms with Crippen LogP contribution < -0.4 is 14.6 Å². The van der Waals surface area contributed by atoms with Gasteiger partial charge in [0.25, 0.3) is 0 Å². The number of fused-ring (bicyclic) bond motifs is 1. The van der Waals surface area contributed by atoms with E-state index in [0.29, 0.717) is 18.6 Å². The molecule has 0 amide bonds. The fraction of sp³-hybridized carbons (Fsp3) is 0.436. The van der Waals surface area contributed by atoms with Crippen molar-refractivity contribution in [2.24, 2.45) is 16.5 Å². The molecule has 0 bridgehead atoms. The molecule has 1 saturated carbocycles. The number of ether oxygens (including phenoxy) is 1. The molecule has 4 heteroatoms. The number of hydrogen-bond donors (Lipinski definition) is 2. The van der Waals surface area contributed by atoms with Crippen LogP contribution in [0, 0.1) is 11.3 Å². The lowest BCUT2D eigenvalue weighted by Crippen LogP contribution is -2.35. The third-order valence-corrected chi connectivity index (χ3v) is 10.3. The second-order valence-corrected chi connectivity index (χ2v) is 14.0. The van der Waals surface area contributed by atoms with Crippen molar-refractivity contribution >= 4 is 23.3 Å². The van der Waals surface area contributed by atoms with Crippen molar-refractivity contribution in [3.05, 3.63) is 113 Å². The van der Waals surface area contributed by atoms with Gasteiger partial charge in [0, 0.05) is 29.2 Å². The van der Waals surface area contributed by atoms with Gasteiger partial charge in [-0.3, -0.25) is 5.14 Å². The van der Waals surface area contributed by atoms with Crippen LogP contribution in [-0.4, -0.2) is 6.04 Å². The third kappa shape index (κ3) is 6.67. The molecule has 5 rings (SSSR count). The van der Waals surface area contributed by atoms with Gasteiger partial charge in [0.2, 0.25) is 0 Å². The van der Waals surface area contributed by atoms with Crippen molar-refractivity contribution in [2.45, 2.75) is 97.1 Å². The van der Waals surface area contributed by atoms with Crippen molar-refractivity contribution in [3.63, 3.8) is 0 Å². The predicted octanol–water partition coefficient (Wildman–Crippen LogP) is 10.3. The van der Waals surface area contributed by atoms with E-state index in [1.807, 2.05) is 0 Å². The first-order valence-corrected chi connectivity index (χ1v) is 17.1. The molecule has 3 aromatic rings. The fourth-order valence-electron chi connectivity index (χ4n) is 7.58. The van der Waals surface area contributed by atoms with E-state index in [0.717, 1.165) is 37.0 Å². The van der Waals surface area contributed by atoms with Crippen molar-refractivity contribution in [1.29, 1.82) is 0 Å². The fourth-order valence-corrected chi connectivity index (χ4v) is 8.04. The highest BCUT2D eigenvalue weighted by Gasteiger charge is 2.57. The van der Waals surface area contributed by atoms with Crippen LogP contribution in [-0.2, 0) is 12.0 Å². The Kier molecular flexibility index (Phi) is 10.2. The standard InChI is InChI=1S/C39H50N2OS/c1-6-7-8-10-17-31-26-34-35(41-43-40)24-25-39(34,37(31)30-15-11-9-12-16-30)28(2)33-18-13-14-19-36(33)42-27-29-20-22-32(23-21-29)38(3,4)5/h9,11-16,18-23,34-35,41H,2,6-8,10,17,24-27,40H2,1,3-5H3. The minimum atomic E-state index is -0.164. The molecule has 43 heavy (non-hydrogen) atoms. The summed E-state index contributed by atoms with van der Waals surface area (Å²) < 4.78 is 10.2. The maximum Gasteiger partial charge on any atom is 0.127 e.